The van der Waals surface area contributed by atoms with Crippen LogP contribution in [-0.2, 0) is 9.53 Å². The van der Waals surface area contributed by atoms with Crippen LogP contribution in [0.25, 0.3) is 0 Å². The Hall–Kier alpha value is -1.75. The molecule has 120 valence electrons. The number of benzene rings is 1. The normalized spacial score (nSPS) is 19.8. The van der Waals surface area contributed by atoms with Crippen molar-refractivity contribution in [3.8, 4) is 0 Å². The highest BCUT2D eigenvalue weighted by Gasteiger charge is 2.38. The van der Waals surface area contributed by atoms with Gasteiger partial charge in [-0.2, -0.15) is 0 Å². The van der Waals surface area contributed by atoms with Crippen LogP contribution in [0.15, 0.2) is 45.5 Å². The third-order valence-electron chi connectivity index (χ3n) is 3.87. The van der Waals surface area contributed by atoms with Crippen LogP contribution in [0, 0.1) is 0 Å². The first-order valence-corrected chi connectivity index (χ1v) is 8.83. The molecule has 2 aliphatic rings. The molecule has 1 aromatic rings. The molecular weight excluding hydrogens is 328 g/mol. The summed E-state index contributed by atoms with van der Waals surface area (Å²) in [5.74, 6) is -0.105. The van der Waals surface area contributed by atoms with Gasteiger partial charge in [0.15, 0.2) is 0 Å². The number of thiocarbonyl (C=S) groups is 1. The summed E-state index contributed by atoms with van der Waals surface area (Å²) < 4.78 is 5.56. The number of hydrogen-bond donors (Lipinski definition) is 0. The summed E-state index contributed by atoms with van der Waals surface area (Å²) in [4.78, 5) is 17.2. The summed E-state index contributed by atoms with van der Waals surface area (Å²) in [6.45, 7) is 7.23. The zero-order chi connectivity index (χ0) is 16.6. The maximum Gasteiger partial charge on any atom is 0.276 e. The second-order valence-corrected chi connectivity index (χ2v) is 6.65. The molecule has 4 nitrogen and oxygen atoms in total. The van der Waals surface area contributed by atoms with Crippen molar-refractivity contribution in [1.29, 1.82) is 0 Å². The SMILES string of the molecule is CCN1C(=O)C(C(C)=C=C2Sc3ccccc3N2CC)OC1=S. The van der Waals surface area contributed by atoms with Gasteiger partial charge in [-0.3, -0.25) is 9.69 Å². The van der Waals surface area contributed by atoms with Crippen molar-refractivity contribution < 1.29 is 9.53 Å². The number of fused-ring (bicyclic) bond motifs is 1. The molecule has 6 heteroatoms. The van der Waals surface area contributed by atoms with Crippen molar-refractivity contribution in [1.82, 2.24) is 4.90 Å². The highest BCUT2D eigenvalue weighted by atomic mass is 32.2. The Morgan fingerprint density at radius 3 is 2.65 bits per heavy atom. The van der Waals surface area contributed by atoms with Gasteiger partial charge in [0.2, 0.25) is 6.10 Å². The monoisotopic (exact) mass is 346 g/mol. The van der Waals surface area contributed by atoms with Gasteiger partial charge in [-0.15, -0.1) is 0 Å². The molecule has 1 amide bonds. The number of hydrogen-bond acceptors (Lipinski definition) is 5. The van der Waals surface area contributed by atoms with Crippen molar-refractivity contribution in [3.05, 3.63) is 40.6 Å². The number of carbonyl (C=O) groups excluding carboxylic acids is 1. The molecule has 1 atom stereocenters. The number of carbonyl (C=O) groups is 1. The van der Waals surface area contributed by atoms with E-state index in [0.29, 0.717) is 6.54 Å². The summed E-state index contributed by atoms with van der Waals surface area (Å²) in [5, 5.41) is 1.24. The second kappa shape index (κ2) is 6.40. The molecule has 0 bridgehead atoms. The molecule has 0 radical (unpaired) electrons. The zero-order valence-corrected chi connectivity index (χ0v) is 15.0. The van der Waals surface area contributed by atoms with E-state index in [0.717, 1.165) is 17.1 Å². The van der Waals surface area contributed by atoms with Crippen LogP contribution in [0.5, 0.6) is 0 Å². The Kier molecular flexibility index (Phi) is 4.48. The Labute approximate surface area is 145 Å². The molecule has 3 rings (SSSR count). The number of likely N-dealkylation sites (N-methyl/N-ethyl adjacent to an activating group) is 1. The number of ether oxygens (including phenoxy) is 1. The van der Waals surface area contributed by atoms with Gasteiger partial charge in [0.05, 0.1) is 5.69 Å². The third kappa shape index (κ3) is 2.78. The van der Waals surface area contributed by atoms with E-state index in [2.05, 4.69) is 29.7 Å². The van der Waals surface area contributed by atoms with Gasteiger partial charge < -0.3 is 9.64 Å². The van der Waals surface area contributed by atoms with Crippen LogP contribution in [0.2, 0.25) is 0 Å². The molecule has 1 aromatic carbocycles. The Morgan fingerprint density at radius 1 is 1.30 bits per heavy atom. The van der Waals surface area contributed by atoms with E-state index in [-0.39, 0.29) is 11.1 Å². The van der Waals surface area contributed by atoms with E-state index in [1.54, 1.807) is 11.8 Å². The predicted octanol–water partition coefficient (Wildman–Crippen LogP) is 3.54. The number of amides is 1. The summed E-state index contributed by atoms with van der Waals surface area (Å²) in [5.41, 5.74) is 5.29. The second-order valence-electron chi connectivity index (χ2n) is 5.27. The minimum Gasteiger partial charge on any atom is -0.452 e. The topological polar surface area (TPSA) is 32.8 Å². The molecule has 0 aliphatic carbocycles. The molecule has 0 aromatic heterocycles. The van der Waals surface area contributed by atoms with Gasteiger partial charge in [0.25, 0.3) is 11.1 Å². The average Bonchev–Trinajstić information content (AvgIpc) is 3.03. The number of thioether (sulfide) groups is 1. The Balaban J connectivity index is 1.96. The number of rotatable bonds is 3. The molecule has 23 heavy (non-hydrogen) atoms. The fourth-order valence-electron chi connectivity index (χ4n) is 2.68. The van der Waals surface area contributed by atoms with Crippen LogP contribution in [0.3, 0.4) is 0 Å². The van der Waals surface area contributed by atoms with Gasteiger partial charge in [-0.05, 0) is 45.1 Å². The molecule has 2 aliphatic heterocycles. The van der Waals surface area contributed by atoms with Crippen molar-refractivity contribution in [2.75, 3.05) is 18.0 Å². The van der Waals surface area contributed by atoms with Crippen LogP contribution in [0.4, 0.5) is 5.69 Å². The van der Waals surface area contributed by atoms with E-state index in [1.807, 2.05) is 26.0 Å². The van der Waals surface area contributed by atoms with E-state index in [9.17, 15) is 4.79 Å². The highest BCUT2D eigenvalue weighted by molar-refractivity contribution is 8.03. The zero-order valence-electron chi connectivity index (χ0n) is 13.3. The smallest absolute Gasteiger partial charge is 0.276 e. The summed E-state index contributed by atoms with van der Waals surface area (Å²) in [6, 6.07) is 8.25. The van der Waals surface area contributed by atoms with Crippen molar-refractivity contribution in [2.24, 2.45) is 0 Å². The van der Waals surface area contributed by atoms with Gasteiger partial charge in [-0.1, -0.05) is 29.6 Å². The predicted molar refractivity (Wildman–Crippen MR) is 96.4 cm³/mol. The van der Waals surface area contributed by atoms with Gasteiger partial charge >= 0.3 is 0 Å². The van der Waals surface area contributed by atoms with E-state index < -0.39 is 6.10 Å². The maximum atomic E-state index is 12.4. The minimum absolute atomic E-state index is 0.105. The van der Waals surface area contributed by atoms with Crippen LogP contribution < -0.4 is 4.90 Å². The van der Waals surface area contributed by atoms with Crippen LogP contribution in [-0.4, -0.2) is 35.2 Å². The van der Waals surface area contributed by atoms with E-state index >= 15 is 0 Å². The number of nitrogens with zero attached hydrogens (tertiary/aromatic N) is 2. The van der Waals surface area contributed by atoms with E-state index in [1.165, 1.54) is 15.5 Å². The molecule has 0 spiro atoms. The summed E-state index contributed by atoms with van der Waals surface area (Å²) >= 11 is 6.78. The lowest BCUT2D eigenvalue weighted by atomic mass is 10.1. The first-order chi connectivity index (χ1) is 11.1. The highest BCUT2D eigenvalue weighted by Crippen LogP contribution is 2.45. The lowest BCUT2D eigenvalue weighted by Crippen LogP contribution is -2.31. The molecule has 1 unspecified atom stereocenters. The lowest BCUT2D eigenvalue weighted by molar-refractivity contribution is -0.128. The first kappa shape index (κ1) is 16.1. The third-order valence-corrected chi connectivity index (χ3v) is 5.26. The molecule has 1 fully saturated rings. The van der Waals surface area contributed by atoms with E-state index in [4.69, 9.17) is 17.0 Å². The average molecular weight is 346 g/mol. The number of anilines is 1. The van der Waals surface area contributed by atoms with Crippen molar-refractivity contribution in [3.63, 3.8) is 0 Å². The van der Waals surface area contributed by atoms with Crippen molar-refractivity contribution in [2.45, 2.75) is 31.8 Å². The van der Waals surface area contributed by atoms with Crippen molar-refractivity contribution >= 4 is 40.7 Å². The molecule has 1 saturated heterocycles. The lowest BCUT2D eigenvalue weighted by Gasteiger charge is -2.16. The summed E-state index contributed by atoms with van der Waals surface area (Å²) in [7, 11) is 0. The Morgan fingerprint density at radius 2 is 2.00 bits per heavy atom. The molecule has 0 saturated carbocycles. The van der Waals surface area contributed by atoms with Gasteiger partial charge in [0, 0.05) is 23.6 Å². The fraction of sp³-hybridized carbons (Fsp3) is 0.353. The molecule has 2 heterocycles. The summed E-state index contributed by atoms with van der Waals surface area (Å²) in [6.07, 6.45) is -0.655. The van der Waals surface area contributed by atoms with Gasteiger partial charge in [-0.25, -0.2) is 0 Å². The van der Waals surface area contributed by atoms with Gasteiger partial charge in [0.1, 0.15) is 5.03 Å². The Bertz CT molecular complexity index is 738. The standard InChI is InChI=1S/C17H18N2O2S2/c1-4-18-12-8-6-7-9-13(12)23-14(18)10-11(3)15-16(20)19(5-2)17(22)21-15/h6-9,15H,4-5H2,1-3H3. The fourth-order valence-corrected chi connectivity index (χ4v) is 4.18. The molecule has 0 N–H and O–H groups in total. The number of para-hydroxylation sites is 1. The maximum absolute atomic E-state index is 12.4. The van der Waals surface area contributed by atoms with Crippen LogP contribution >= 0.6 is 24.0 Å². The molecular formula is C17H18N2O2S2. The minimum atomic E-state index is -0.655. The first-order valence-electron chi connectivity index (χ1n) is 7.60. The van der Waals surface area contributed by atoms with Crippen LogP contribution in [0.1, 0.15) is 20.8 Å². The quantitative estimate of drug-likeness (QED) is 0.617. The largest absolute Gasteiger partial charge is 0.452 e.